The second-order valence-electron chi connectivity index (χ2n) is 5.28. The summed E-state index contributed by atoms with van der Waals surface area (Å²) in [5.41, 5.74) is 1.82. The Morgan fingerprint density at radius 1 is 1.45 bits per heavy atom. The number of carbonyl (C=O) groups excluding carboxylic acids is 1. The summed E-state index contributed by atoms with van der Waals surface area (Å²) in [5, 5.41) is 5.53. The van der Waals surface area contributed by atoms with E-state index in [1.54, 1.807) is 0 Å². The van der Waals surface area contributed by atoms with Crippen LogP contribution in [-0.2, 0) is 4.79 Å². The third kappa shape index (κ3) is 5.10. The lowest BCUT2D eigenvalue weighted by atomic mass is 10.1. The van der Waals surface area contributed by atoms with Crippen molar-refractivity contribution in [1.82, 2.24) is 4.98 Å². The summed E-state index contributed by atoms with van der Waals surface area (Å²) in [6.45, 7) is 5.07. The second kappa shape index (κ2) is 8.29. The molecule has 1 N–H and O–H groups in total. The Morgan fingerprint density at radius 3 is 3.00 bits per heavy atom. The average Bonchev–Trinajstić information content (AvgIpc) is 2.95. The van der Waals surface area contributed by atoms with E-state index in [4.69, 9.17) is 4.74 Å². The number of alkyl halides is 1. The van der Waals surface area contributed by atoms with Gasteiger partial charge in [0.25, 0.3) is 0 Å². The molecule has 2 aromatic rings. The van der Waals surface area contributed by atoms with Crippen LogP contribution in [-0.4, -0.2) is 22.8 Å². The van der Waals surface area contributed by atoms with Crippen LogP contribution < -0.4 is 10.1 Å². The molecule has 1 amide bonds. The van der Waals surface area contributed by atoms with Gasteiger partial charge in [-0.25, -0.2) is 4.98 Å². The van der Waals surface area contributed by atoms with Crippen molar-refractivity contribution in [2.45, 2.75) is 20.3 Å². The predicted molar refractivity (Wildman–Crippen MR) is 94.9 cm³/mol. The molecule has 0 atom stereocenters. The maximum atomic E-state index is 11.3. The molecule has 22 heavy (non-hydrogen) atoms. The van der Waals surface area contributed by atoms with Gasteiger partial charge in [0.15, 0.2) is 5.13 Å². The number of nitrogens with zero attached hydrogens (tertiary/aromatic N) is 1. The number of rotatable bonds is 7. The lowest BCUT2D eigenvalue weighted by Gasteiger charge is -2.08. The van der Waals surface area contributed by atoms with Gasteiger partial charge in [0.1, 0.15) is 5.75 Å². The molecule has 0 unspecified atom stereocenters. The van der Waals surface area contributed by atoms with E-state index in [-0.39, 0.29) is 11.2 Å². The highest BCUT2D eigenvalue weighted by Crippen LogP contribution is 2.27. The van der Waals surface area contributed by atoms with Gasteiger partial charge in [-0.05, 0) is 24.5 Å². The van der Waals surface area contributed by atoms with Crippen LogP contribution in [0.25, 0.3) is 11.3 Å². The largest absolute Gasteiger partial charge is 0.494 e. The summed E-state index contributed by atoms with van der Waals surface area (Å²) in [7, 11) is 0. The van der Waals surface area contributed by atoms with Gasteiger partial charge in [-0.15, -0.1) is 11.3 Å². The fraction of sp³-hybridized carbons (Fsp3) is 0.375. The predicted octanol–water partition coefficient (Wildman–Crippen LogP) is 4.57. The Hall–Kier alpha value is -1.40. The minimum absolute atomic E-state index is 0.105. The van der Waals surface area contributed by atoms with Crippen molar-refractivity contribution in [1.29, 1.82) is 0 Å². The maximum Gasteiger partial charge on any atom is 0.236 e. The molecule has 0 aliphatic heterocycles. The molecule has 118 valence electrons. The third-order valence-corrected chi connectivity index (χ3v) is 4.23. The van der Waals surface area contributed by atoms with Crippen LogP contribution in [0, 0.1) is 5.92 Å². The summed E-state index contributed by atoms with van der Waals surface area (Å²) in [4.78, 5) is 15.8. The van der Waals surface area contributed by atoms with E-state index >= 15 is 0 Å². The number of benzene rings is 1. The van der Waals surface area contributed by atoms with E-state index in [2.05, 4.69) is 40.1 Å². The first-order chi connectivity index (χ1) is 10.6. The van der Waals surface area contributed by atoms with Gasteiger partial charge in [-0.3, -0.25) is 4.79 Å². The summed E-state index contributed by atoms with van der Waals surface area (Å²) in [5.74, 6) is 1.37. The molecule has 0 bridgehead atoms. The number of thiazole rings is 1. The Bertz CT molecular complexity index is 628. The van der Waals surface area contributed by atoms with E-state index in [1.165, 1.54) is 11.3 Å². The van der Waals surface area contributed by atoms with Crippen LogP contribution in [0.5, 0.6) is 5.75 Å². The molecule has 0 spiro atoms. The van der Waals surface area contributed by atoms with Crippen molar-refractivity contribution in [3.8, 4) is 17.0 Å². The number of ether oxygens (including phenoxy) is 1. The summed E-state index contributed by atoms with van der Waals surface area (Å²) in [6.07, 6.45) is 1.03. The Kier molecular flexibility index (Phi) is 6.39. The van der Waals surface area contributed by atoms with E-state index in [1.807, 2.05) is 29.6 Å². The van der Waals surface area contributed by atoms with E-state index < -0.39 is 0 Å². The fourth-order valence-corrected chi connectivity index (χ4v) is 2.65. The summed E-state index contributed by atoms with van der Waals surface area (Å²) in [6, 6.07) is 7.87. The van der Waals surface area contributed by atoms with Crippen molar-refractivity contribution in [3.05, 3.63) is 29.6 Å². The number of hydrogen-bond donors (Lipinski definition) is 1. The molecule has 0 saturated carbocycles. The van der Waals surface area contributed by atoms with Crippen LogP contribution >= 0.6 is 27.3 Å². The quantitative estimate of drug-likeness (QED) is 0.713. The molecule has 0 radical (unpaired) electrons. The lowest BCUT2D eigenvalue weighted by molar-refractivity contribution is -0.113. The number of nitrogens with one attached hydrogen (secondary N) is 1. The zero-order valence-corrected chi connectivity index (χ0v) is 15.0. The van der Waals surface area contributed by atoms with Crippen molar-refractivity contribution in [2.75, 3.05) is 17.3 Å². The topological polar surface area (TPSA) is 51.2 Å². The molecule has 4 nitrogen and oxygen atoms in total. The molecular weight excluding hydrogens is 364 g/mol. The number of hydrogen-bond acceptors (Lipinski definition) is 4. The first kappa shape index (κ1) is 17.0. The molecule has 1 aromatic carbocycles. The van der Waals surface area contributed by atoms with E-state index in [0.29, 0.717) is 17.7 Å². The number of amides is 1. The van der Waals surface area contributed by atoms with Crippen LogP contribution in [0.1, 0.15) is 20.3 Å². The Balaban J connectivity index is 2.04. The normalized spacial score (nSPS) is 10.7. The van der Waals surface area contributed by atoms with Gasteiger partial charge >= 0.3 is 0 Å². The molecule has 0 saturated heterocycles. The molecule has 1 aromatic heterocycles. The van der Waals surface area contributed by atoms with Crippen molar-refractivity contribution >= 4 is 38.3 Å². The second-order valence-corrected chi connectivity index (χ2v) is 6.70. The minimum Gasteiger partial charge on any atom is -0.494 e. The van der Waals surface area contributed by atoms with Gasteiger partial charge in [0.05, 0.1) is 17.6 Å². The highest BCUT2D eigenvalue weighted by atomic mass is 79.9. The number of carbonyl (C=O) groups is 1. The third-order valence-electron chi connectivity index (χ3n) is 2.97. The summed E-state index contributed by atoms with van der Waals surface area (Å²) >= 11 is 4.53. The number of aromatic nitrogens is 1. The fourth-order valence-electron chi connectivity index (χ4n) is 1.77. The Morgan fingerprint density at radius 2 is 2.27 bits per heavy atom. The Labute approximate surface area is 143 Å². The number of anilines is 1. The SMILES string of the molecule is CC(C)CCOc1cccc(-c2csc(NC(=O)CBr)n2)c1. The average molecular weight is 383 g/mol. The molecule has 0 aliphatic rings. The van der Waals surface area contributed by atoms with Crippen LogP contribution in [0.4, 0.5) is 5.13 Å². The van der Waals surface area contributed by atoms with Gasteiger partial charge in [-0.2, -0.15) is 0 Å². The van der Waals surface area contributed by atoms with Gasteiger partial charge < -0.3 is 10.1 Å². The van der Waals surface area contributed by atoms with Crippen LogP contribution in [0.2, 0.25) is 0 Å². The lowest BCUT2D eigenvalue weighted by Crippen LogP contribution is -2.11. The first-order valence-corrected chi connectivity index (χ1v) is 9.13. The maximum absolute atomic E-state index is 11.3. The molecular formula is C16H19BrN2O2S. The minimum atomic E-state index is -0.105. The van der Waals surface area contributed by atoms with Gasteiger partial charge in [0, 0.05) is 10.9 Å². The number of halogens is 1. The van der Waals surface area contributed by atoms with Crippen molar-refractivity contribution in [2.24, 2.45) is 5.92 Å². The smallest absolute Gasteiger partial charge is 0.236 e. The van der Waals surface area contributed by atoms with Gasteiger partial charge in [-0.1, -0.05) is 41.9 Å². The highest BCUT2D eigenvalue weighted by molar-refractivity contribution is 9.09. The van der Waals surface area contributed by atoms with Crippen LogP contribution in [0.15, 0.2) is 29.6 Å². The van der Waals surface area contributed by atoms with Crippen molar-refractivity contribution in [3.63, 3.8) is 0 Å². The molecule has 6 heteroatoms. The zero-order valence-electron chi connectivity index (χ0n) is 12.6. The van der Waals surface area contributed by atoms with E-state index in [0.717, 1.165) is 23.4 Å². The summed E-state index contributed by atoms with van der Waals surface area (Å²) < 4.78 is 5.77. The molecule has 1 heterocycles. The van der Waals surface area contributed by atoms with Crippen molar-refractivity contribution < 1.29 is 9.53 Å². The van der Waals surface area contributed by atoms with Crippen LogP contribution in [0.3, 0.4) is 0 Å². The molecule has 0 fully saturated rings. The van der Waals surface area contributed by atoms with Gasteiger partial charge in [0.2, 0.25) is 5.91 Å². The van der Waals surface area contributed by atoms with E-state index in [9.17, 15) is 4.79 Å². The molecule has 0 aliphatic carbocycles. The standard InChI is InChI=1S/C16H19BrN2O2S/c1-11(2)6-7-21-13-5-3-4-12(8-13)14-10-22-16(18-14)19-15(20)9-17/h3-5,8,10-11H,6-7,9H2,1-2H3,(H,18,19,20). The first-order valence-electron chi connectivity index (χ1n) is 7.13. The highest BCUT2D eigenvalue weighted by Gasteiger charge is 2.08. The molecule has 2 rings (SSSR count). The zero-order chi connectivity index (χ0) is 15.9. The monoisotopic (exact) mass is 382 g/mol.